The maximum absolute atomic E-state index is 13.7. The normalized spacial score (nSPS) is 15.2. The van der Waals surface area contributed by atoms with Gasteiger partial charge in [0.2, 0.25) is 0 Å². The highest BCUT2D eigenvalue weighted by Gasteiger charge is 2.34. The lowest BCUT2D eigenvalue weighted by Crippen LogP contribution is -2.40. The summed E-state index contributed by atoms with van der Waals surface area (Å²) in [6.45, 7) is 4.86. The van der Waals surface area contributed by atoms with Gasteiger partial charge in [-0.2, -0.15) is 0 Å². The molecule has 2 aromatic carbocycles. The van der Waals surface area contributed by atoms with Crippen LogP contribution < -0.4 is 24.4 Å². The first-order valence-electron chi connectivity index (χ1n) is 11.1. The fourth-order valence-electron chi connectivity index (χ4n) is 3.93. The number of aromatic nitrogens is 1. The van der Waals surface area contributed by atoms with Gasteiger partial charge in [-0.15, -0.1) is 0 Å². The summed E-state index contributed by atoms with van der Waals surface area (Å²) in [5, 5.41) is 0.508. The van der Waals surface area contributed by atoms with Gasteiger partial charge in [-0.3, -0.25) is 14.2 Å². The molecule has 0 saturated heterocycles. The summed E-state index contributed by atoms with van der Waals surface area (Å²) in [5.74, 6) is -0.583. The molecule has 1 atom stereocenters. The van der Waals surface area contributed by atoms with Crippen molar-refractivity contribution < 1.29 is 23.8 Å². The van der Waals surface area contributed by atoms with Crippen molar-refractivity contribution in [3.63, 3.8) is 0 Å². The van der Waals surface area contributed by atoms with Gasteiger partial charge in [-0.25, -0.2) is 9.79 Å². The van der Waals surface area contributed by atoms with Crippen molar-refractivity contribution in [2.24, 2.45) is 4.99 Å². The third kappa shape index (κ3) is 4.84. The Labute approximate surface area is 215 Å². The number of rotatable bonds is 6. The summed E-state index contributed by atoms with van der Waals surface area (Å²) in [5.41, 5.74) is 1.59. The summed E-state index contributed by atoms with van der Waals surface area (Å²) in [4.78, 5) is 43.2. The van der Waals surface area contributed by atoms with Crippen molar-refractivity contribution in [2.75, 3.05) is 13.7 Å². The van der Waals surface area contributed by atoms with E-state index in [9.17, 15) is 14.4 Å². The SMILES string of the molecule is CCOC(=O)C1=C(C)N=c2s/c(=C\c3ccccc3Cl)c(=O)n2C1c1ccc(OC(C)=O)c(OC)c1. The number of carbonyl (C=O) groups excluding carboxylic acids is 2. The molecule has 8 nitrogen and oxygen atoms in total. The van der Waals surface area contributed by atoms with Crippen LogP contribution in [-0.2, 0) is 14.3 Å². The van der Waals surface area contributed by atoms with Gasteiger partial charge in [0, 0.05) is 11.9 Å². The molecule has 4 rings (SSSR count). The zero-order valence-electron chi connectivity index (χ0n) is 20.0. The highest BCUT2D eigenvalue weighted by atomic mass is 35.5. The van der Waals surface area contributed by atoms with Crippen LogP contribution in [0.2, 0.25) is 5.02 Å². The first kappa shape index (κ1) is 25.4. The van der Waals surface area contributed by atoms with E-state index in [0.717, 1.165) is 0 Å². The second kappa shape index (κ2) is 10.5. The number of hydrogen-bond donors (Lipinski definition) is 0. The number of fused-ring (bicyclic) bond motifs is 1. The standard InChI is InChI=1S/C26H23ClN2O6S/c1-5-34-25(32)22-14(2)28-26-29(24(31)21(36-26)13-16-8-6-7-9-18(16)27)23(22)17-10-11-19(35-15(3)30)20(12-17)33-4/h6-13,23H,5H2,1-4H3/b21-13-. The number of methoxy groups -OCH3 is 1. The van der Waals surface area contributed by atoms with Crippen LogP contribution in [0, 0.1) is 0 Å². The lowest BCUT2D eigenvalue weighted by Gasteiger charge is -2.25. The molecule has 0 aliphatic carbocycles. The van der Waals surface area contributed by atoms with Crippen LogP contribution in [0.4, 0.5) is 0 Å². The zero-order valence-corrected chi connectivity index (χ0v) is 21.6. The Morgan fingerprint density at radius 1 is 1.19 bits per heavy atom. The molecule has 1 aliphatic rings. The molecule has 0 fully saturated rings. The van der Waals surface area contributed by atoms with Crippen molar-refractivity contribution in [1.82, 2.24) is 4.57 Å². The quantitative estimate of drug-likeness (QED) is 0.361. The van der Waals surface area contributed by atoms with Crippen molar-refractivity contribution in [1.29, 1.82) is 0 Å². The fraction of sp³-hybridized carbons (Fsp3) is 0.231. The van der Waals surface area contributed by atoms with E-state index in [4.69, 9.17) is 25.8 Å². The molecule has 1 aromatic heterocycles. The number of halogens is 1. The van der Waals surface area contributed by atoms with Crippen molar-refractivity contribution >= 4 is 41.0 Å². The molecule has 0 amide bonds. The number of hydrogen-bond acceptors (Lipinski definition) is 8. The minimum atomic E-state index is -0.839. The van der Waals surface area contributed by atoms with E-state index in [-0.39, 0.29) is 29.2 Å². The largest absolute Gasteiger partial charge is 0.493 e. The number of thiazole rings is 1. The van der Waals surface area contributed by atoms with Gasteiger partial charge in [-0.05, 0) is 49.2 Å². The maximum Gasteiger partial charge on any atom is 0.338 e. The van der Waals surface area contributed by atoms with E-state index in [0.29, 0.717) is 31.2 Å². The van der Waals surface area contributed by atoms with Crippen LogP contribution in [0.15, 0.2) is 63.5 Å². The Morgan fingerprint density at radius 2 is 1.94 bits per heavy atom. The summed E-state index contributed by atoms with van der Waals surface area (Å²) in [6, 6.07) is 11.2. The second-order valence-corrected chi connectivity index (χ2v) is 9.24. The second-order valence-electron chi connectivity index (χ2n) is 7.83. The van der Waals surface area contributed by atoms with Crippen LogP contribution in [0.3, 0.4) is 0 Å². The van der Waals surface area contributed by atoms with E-state index in [1.54, 1.807) is 44.2 Å². The Bertz CT molecular complexity index is 1570. The molecule has 0 radical (unpaired) electrons. The highest BCUT2D eigenvalue weighted by molar-refractivity contribution is 7.07. The number of nitrogens with zero attached hydrogens (tertiary/aromatic N) is 2. The van der Waals surface area contributed by atoms with E-state index >= 15 is 0 Å². The lowest BCUT2D eigenvalue weighted by atomic mass is 9.95. The van der Waals surface area contributed by atoms with Gasteiger partial charge in [0.1, 0.15) is 0 Å². The Morgan fingerprint density at radius 3 is 2.61 bits per heavy atom. The molecule has 36 heavy (non-hydrogen) atoms. The minimum Gasteiger partial charge on any atom is -0.493 e. The molecule has 3 aromatic rings. The van der Waals surface area contributed by atoms with Gasteiger partial charge < -0.3 is 14.2 Å². The molecule has 0 N–H and O–H groups in total. The van der Waals surface area contributed by atoms with E-state index in [2.05, 4.69) is 4.99 Å². The Kier molecular flexibility index (Phi) is 7.42. The molecule has 1 unspecified atom stereocenters. The summed E-state index contributed by atoms with van der Waals surface area (Å²) in [6.07, 6.45) is 1.71. The van der Waals surface area contributed by atoms with Crippen molar-refractivity contribution in [3.8, 4) is 11.5 Å². The topological polar surface area (TPSA) is 96.2 Å². The van der Waals surface area contributed by atoms with E-state index < -0.39 is 18.0 Å². The molecular weight excluding hydrogens is 504 g/mol. The highest BCUT2D eigenvalue weighted by Crippen LogP contribution is 2.36. The lowest BCUT2D eigenvalue weighted by molar-refractivity contribution is -0.139. The van der Waals surface area contributed by atoms with Gasteiger partial charge in [0.15, 0.2) is 16.3 Å². The molecule has 186 valence electrons. The maximum atomic E-state index is 13.7. The molecule has 0 spiro atoms. The smallest absolute Gasteiger partial charge is 0.338 e. The minimum absolute atomic E-state index is 0.161. The van der Waals surface area contributed by atoms with Crippen LogP contribution in [-0.4, -0.2) is 30.2 Å². The van der Waals surface area contributed by atoms with Gasteiger partial charge in [0.05, 0.1) is 35.6 Å². The van der Waals surface area contributed by atoms with E-state index in [1.807, 2.05) is 18.2 Å². The van der Waals surface area contributed by atoms with Crippen molar-refractivity contribution in [2.45, 2.75) is 26.8 Å². The summed E-state index contributed by atoms with van der Waals surface area (Å²) >= 11 is 7.51. The van der Waals surface area contributed by atoms with Gasteiger partial charge in [-0.1, -0.05) is 47.2 Å². The molecule has 1 aliphatic heterocycles. The van der Waals surface area contributed by atoms with Crippen LogP contribution in [0.25, 0.3) is 6.08 Å². The molecule has 0 saturated carbocycles. The first-order valence-corrected chi connectivity index (χ1v) is 12.2. The average molecular weight is 527 g/mol. The molecule has 0 bridgehead atoms. The third-order valence-corrected chi connectivity index (χ3v) is 6.79. The fourth-order valence-corrected chi connectivity index (χ4v) is 5.16. The first-order chi connectivity index (χ1) is 17.2. The summed E-state index contributed by atoms with van der Waals surface area (Å²) < 4.78 is 17.8. The molecule has 2 heterocycles. The zero-order chi connectivity index (χ0) is 26.0. The van der Waals surface area contributed by atoms with Crippen LogP contribution >= 0.6 is 22.9 Å². The van der Waals surface area contributed by atoms with Gasteiger partial charge in [0.25, 0.3) is 5.56 Å². The molecular formula is C26H23ClN2O6S. The number of ether oxygens (including phenoxy) is 3. The van der Waals surface area contributed by atoms with Crippen molar-refractivity contribution in [3.05, 3.63) is 89.6 Å². The Balaban J connectivity index is 1.97. The number of esters is 2. The Hall–Kier alpha value is -3.69. The number of benzene rings is 2. The van der Waals surface area contributed by atoms with Crippen LogP contribution in [0.5, 0.6) is 11.5 Å². The average Bonchev–Trinajstić information content (AvgIpc) is 3.14. The predicted molar refractivity (Wildman–Crippen MR) is 136 cm³/mol. The number of carbonyl (C=O) groups is 2. The van der Waals surface area contributed by atoms with Gasteiger partial charge >= 0.3 is 11.9 Å². The predicted octanol–water partition coefficient (Wildman–Crippen LogP) is 3.39. The molecule has 10 heteroatoms. The summed E-state index contributed by atoms with van der Waals surface area (Å²) in [7, 11) is 1.44. The number of allylic oxidation sites excluding steroid dienone is 1. The van der Waals surface area contributed by atoms with Crippen LogP contribution in [0.1, 0.15) is 37.9 Å². The third-order valence-electron chi connectivity index (χ3n) is 5.47. The van der Waals surface area contributed by atoms with E-state index in [1.165, 1.54) is 29.9 Å². The monoisotopic (exact) mass is 526 g/mol.